The van der Waals surface area contributed by atoms with Gasteiger partial charge in [0.2, 0.25) is 0 Å². The molecule has 0 atom stereocenters. The van der Waals surface area contributed by atoms with Gasteiger partial charge in [-0.15, -0.1) is 0 Å². The van der Waals surface area contributed by atoms with Crippen molar-refractivity contribution in [3.05, 3.63) is 133 Å². The SMILES string of the molecule is c1ccc(Oc2ccc(Oc3ccccc3Oc3ccc(Oc4ccccc4)cc3)cc2)cc1. The zero-order valence-electron chi connectivity index (χ0n) is 18.3. The fourth-order valence-corrected chi connectivity index (χ4v) is 3.27. The first-order chi connectivity index (χ1) is 16.8. The number of ether oxygens (including phenoxy) is 4. The van der Waals surface area contributed by atoms with E-state index in [0.717, 1.165) is 23.0 Å². The summed E-state index contributed by atoms with van der Waals surface area (Å²) in [5.74, 6) is 5.64. The van der Waals surface area contributed by atoms with Gasteiger partial charge >= 0.3 is 0 Å². The Hall–Kier alpha value is -4.70. The summed E-state index contributed by atoms with van der Waals surface area (Å²) in [5, 5.41) is 0. The molecular weight excluding hydrogens is 424 g/mol. The van der Waals surface area contributed by atoms with Gasteiger partial charge in [0.25, 0.3) is 0 Å². The minimum atomic E-state index is 0.615. The van der Waals surface area contributed by atoms with E-state index < -0.39 is 0 Å². The summed E-state index contributed by atoms with van der Waals surface area (Å²) in [6, 6.07) is 41.8. The molecule has 166 valence electrons. The molecule has 0 saturated carbocycles. The van der Waals surface area contributed by atoms with Gasteiger partial charge in [-0.2, -0.15) is 0 Å². The molecule has 5 rings (SSSR count). The normalized spacial score (nSPS) is 10.4. The van der Waals surface area contributed by atoms with E-state index in [0.29, 0.717) is 23.0 Å². The highest BCUT2D eigenvalue weighted by Gasteiger charge is 2.08. The summed E-state index contributed by atoms with van der Waals surface area (Å²) >= 11 is 0. The van der Waals surface area contributed by atoms with E-state index in [2.05, 4.69) is 0 Å². The van der Waals surface area contributed by atoms with E-state index in [1.165, 1.54) is 0 Å². The second-order valence-electron chi connectivity index (χ2n) is 7.42. The third kappa shape index (κ3) is 5.56. The standard InChI is InChI=1S/C30H22O4/c1-3-9-23(10-4-1)31-25-15-19-27(20-16-25)33-29-13-7-8-14-30(29)34-28-21-17-26(18-22-28)32-24-11-5-2-6-12-24/h1-22H. The largest absolute Gasteiger partial charge is 0.457 e. The maximum Gasteiger partial charge on any atom is 0.169 e. The number of para-hydroxylation sites is 4. The molecule has 0 saturated heterocycles. The van der Waals surface area contributed by atoms with Gasteiger partial charge < -0.3 is 18.9 Å². The molecule has 0 N–H and O–H groups in total. The first-order valence-corrected chi connectivity index (χ1v) is 10.9. The van der Waals surface area contributed by atoms with E-state index in [1.807, 2.05) is 133 Å². The van der Waals surface area contributed by atoms with Crippen molar-refractivity contribution in [1.29, 1.82) is 0 Å². The smallest absolute Gasteiger partial charge is 0.169 e. The van der Waals surface area contributed by atoms with E-state index >= 15 is 0 Å². The van der Waals surface area contributed by atoms with Crippen LogP contribution in [0.3, 0.4) is 0 Å². The molecule has 4 heteroatoms. The maximum atomic E-state index is 6.08. The average Bonchev–Trinajstić information content (AvgIpc) is 2.89. The summed E-state index contributed by atoms with van der Waals surface area (Å²) < 4.78 is 23.9. The van der Waals surface area contributed by atoms with Crippen molar-refractivity contribution in [1.82, 2.24) is 0 Å². The molecule has 0 fully saturated rings. The molecular formula is C30H22O4. The zero-order valence-corrected chi connectivity index (χ0v) is 18.3. The first-order valence-electron chi connectivity index (χ1n) is 10.9. The Kier molecular flexibility index (Phi) is 6.40. The molecule has 0 amide bonds. The molecule has 0 heterocycles. The fraction of sp³-hybridized carbons (Fsp3) is 0. The fourth-order valence-electron chi connectivity index (χ4n) is 3.27. The molecule has 0 aliphatic carbocycles. The molecule has 0 radical (unpaired) electrons. The first kappa shape index (κ1) is 21.2. The topological polar surface area (TPSA) is 36.9 Å². The minimum absolute atomic E-state index is 0.615. The van der Waals surface area contributed by atoms with Crippen molar-refractivity contribution in [2.75, 3.05) is 0 Å². The molecule has 0 spiro atoms. The highest BCUT2D eigenvalue weighted by atomic mass is 16.5. The summed E-state index contributed by atoms with van der Waals surface area (Å²) in [5.41, 5.74) is 0. The van der Waals surface area contributed by atoms with Crippen LogP contribution in [0.1, 0.15) is 0 Å². The van der Waals surface area contributed by atoms with E-state index in [9.17, 15) is 0 Å². The molecule has 5 aromatic rings. The Bertz CT molecular complexity index is 1210. The lowest BCUT2D eigenvalue weighted by atomic mass is 10.3. The number of benzene rings is 5. The van der Waals surface area contributed by atoms with Gasteiger partial charge in [0.1, 0.15) is 34.5 Å². The number of rotatable bonds is 8. The van der Waals surface area contributed by atoms with Crippen LogP contribution in [0, 0.1) is 0 Å². The lowest BCUT2D eigenvalue weighted by molar-refractivity contribution is 0.417. The third-order valence-electron chi connectivity index (χ3n) is 4.91. The van der Waals surface area contributed by atoms with E-state index in [-0.39, 0.29) is 0 Å². The molecule has 0 bridgehead atoms. The summed E-state index contributed by atoms with van der Waals surface area (Å²) in [7, 11) is 0. The van der Waals surface area contributed by atoms with Crippen LogP contribution < -0.4 is 18.9 Å². The molecule has 5 aromatic carbocycles. The van der Waals surface area contributed by atoms with Crippen LogP contribution in [-0.2, 0) is 0 Å². The van der Waals surface area contributed by atoms with Gasteiger partial charge in [0.05, 0.1) is 0 Å². The summed E-state index contributed by atoms with van der Waals surface area (Å²) in [6.07, 6.45) is 0. The molecule has 0 unspecified atom stereocenters. The Labute approximate surface area is 198 Å². The monoisotopic (exact) mass is 446 g/mol. The van der Waals surface area contributed by atoms with E-state index in [1.54, 1.807) is 0 Å². The Morgan fingerprint density at radius 3 is 0.853 bits per heavy atom. The van der Waals surface area contributed by atoms with Gasteiger partial charge in [-0.3, -0.25) is 0 Å². The molecule has 0 aromatic heterocycles. The van der Waals surface area contributed by atoms with Crippen molar-refractivity contribution in [3.63, 3.8) is 0 Å². The molecule has 0 aliphatic rings. The Balaban J connectivity index is 1.25. The second-order valence-corrected chi connectivity index (χ2v) is 7.42. The number of hydrogen-bond donors (Lipinski definition) is 0. The minimum Gasteiger partial charge on any atom is -0.457 e. The quantitative estimate of drug-likeness (QED) is 0.238. The third-order valence-corrected chi connectivity index (χ3v) is 4.91. The molecule has 34 heavy (non-hydrogen) atoms. The maximum absolute atomic E-state index is 6.08. The molecule has 4 nitrogen and oxygen atoms in total. The summed E-state index contributed by atoms with van der Waals surface area (Å²) in [4.78, 5) is 0. The van der Waals surface area contributed by atoms with Crippen molar-refractivity contribution < 1.29 is 18.9 Å². The Morgan fingerprint density at radius 1 is 0.235 bits per heavy atom. The lowest BCUT2D eigenvalue weighted by Gasteiger charge is -2.13. The van der Waals surface area contributed by atoms with Crippen LogP contribution in [0.25, 0.3) is 0 Å². The van der Waals surface area contributed by atoms with Crippen molar-refractivity contribution in [2.24, 2.45) is 0 Å². The van der Waals surface area contributed by atoms with Crippen molar-refractivity contribution >= 4 is 0 Å². The van der Waals surface area contributed by atoms with Crippen LogP contribution in [0.15, 0.2) is 133 Å². The number of hydrogen-bond acceptors (Lipinski definition) is 4. The van der Waals surface area contributed by atoms with Crippen LogP contribution >= 0.6 is 0 Å². The molecule has 0 aliphatic heterocycles. The van der Waals surface area contributed by atoms with Crippen LogP contribution in [0.4, 0.5) is 0 Å². The van der Waals surface area contributed by atoms with E-state index in [4.69, 9.17) is 18.9 Å². The van der Waals surface area contributed by atoms with Crippen LogP contribution in [-0.4, -0.2) is 0 Å². The van der Waals surface area contributed by atoms with Crippen LogP contribution in [0.5, 0.6) is 46.0 Å². The predicted octanol–water partition coefficient (Wildman–Crippen LogP) is 8.86. The second kappa shape index (κ2) is 10.3. The van der Waals surface area contributed by atoms with Gasteiger partial charge in [0, 0.05) is 0 Å². The summed E-state index contributed by atoms with van der Waals surface area (Å²) in [6.45, 7) is 0. The average molecular weight is 447 g/mol. The highest BCUT2D eigenvalue weighted by Crippen LogP contribution is 2.36. The van der Waals surface area contributed by atoms with Gasteiger partial charge in [0.15, 0.2) is 11.5 Å². The van der Waals surface area contributed by atoms with Crippen LogP contribution in [0.2, 0.25) is 0 Å². The van der Waals surface area contributed by atoms with Crippen molar-refractivity contribution in [2.45, 2.75) is 0 Å². The van der Waals surface area contributed by atoms with Gasteiger partial charge in [-0.1, -0.05) is 48.5 Å². The Morgan fingerprint density at radius 2 is 0.500 bits per heavy atom. The highest BCUT2D eigenvalue weighted by molar-refractivity contribution is 5.47. The van der Waals surface area contributed by atoms with Gasteiger partial charge in [-0.05, 0) is 84.9 Å². The van der Waals surface area contributed by atoms with Gasteiger partial charge in [-0.25, -0.2) is 0 Å². The predicted molar refractivity (Wildman–Crippen MR) is 133 cm³/mol. The van der Waals surface area contributed by atoms with Crippen molar-refractivity contribution in [3.8, 4) is 46.0 Å². The zero-order chi connectivity index (χ0) is 23.0. The lowest BCUT2D eigenvalue weighted by Crippen LogP contribution is -1.91.